The lowest BCUT2D eigenvalue weighted by Crippen LogP contribution is -2.43. The molecule has 1 aliphatic carbocycles. The molecule has 0 radical (unpaired) electrons. The number of carbonyl (C=O) groups excluding carboxylic acids is 2. The molecule has 1 aliphatic heterocycles. The number of hydrogen-bond donors (Lipinski definition) is 1. The van der Waals surface area contributed by atoms with Crippen LogP contribution in [0, 0.1) is 11.8 Å². The number of amides is 2. The van der Waals surface area contributed by atoms with Gasteiger partial charge in [-0.2, -0.15) is 0 Å². The lowest BCUT2D eigenvalue weighted by molar-refractivity contribution is 0.0642. The number of sulfonamides is 1. The summed E-state index contributed by atoms with van der Waals surface area (Å²) in [4.78, 5) is 30.7. The van der Waals surface area contributed by atoms with E-state index in [2.05, 4.69) is 23.6 Å². The molecule has 1 N–H and O–H groups in total. The van der Waals surface area contributed by atoms with Crippen LogP contribution in [0.3, 0.4) is 0 Å². The zero-order valence-corrected chi connectivity index (χ0v) is 17.9. The Bertz CT molecular complexity index is 1030. The molecule has 4 rings (SSSR count). The summed E-state index contributed by atoms with van der Waals surface area (Å²) in [5.74, 6) is -0.0906. The fourth-order valence-electron chi connectivity index (χ4n) is 4.01. The van der Waals surface area contributed by atoms with Gasteiger partial charge in [0.25, 0.3) is 11.8 Å². The van der Waals surface area contributed by atoms with Crippen molar-refractivity contribution in [3.05, 3.63) is 46.6 Å². The molecule has 154 valence electrons. The maximum Gasteiger partial charge on any atom is 0.280 e. The number of nitrogens with zero attached hydrogens (tertiary/aromatic N) is 2. The Morgan fingerprint density at radius 3 is 2.72 bits per heavy atom. The minimum absolute atomic E-state index is 0.0328. The molecule has 29 heavy (non-hydrogen) atoms. The second kappa shape index (κ2) is 7.62. The molecule has 0 unspecified atom stereocenters. The average Bonchev–Trinajstić information content (AvgIpc) is 3.26. The summed E-state index contributed by atoms with van der Waals surface area (Å²) < 4.78 is 28.8. The van der Waals surface area contributed by atoms with Crippen LogP contribution in [-0.2, 0) is 16.6 Å². The van der Waals surface area contributed by atoms with Crippen LogP contribution in [0.4, 0.5) is 0 Å². The van der Waals surface area contributed by atoms with Crippen molar-refractivity contribution in [2.24, 2.45) is 11.8 Å². The average molecular weight is 434 g/mol. The van der Waals surface area contributed by atoms with E-state index in [1.54, 1.807) is 18.2 Å². The van der Waals surface area contributed by atoms with Crippen molar-refractivity contribution in [3.8, 4) is 0 Å². The molecule has 3 heterocycles. The van der Waals surface area contributed by atoms with Gasteiger partial charge in [-0.3, -0.25) is 19.5 Å². The number of fused-ring (bicyclic) bond motifs is 1. The molecular formula is C20H23N3O4S2. The molecule has 2 aliphatic rings. The summed E-state index contributed by atoms with van der Waals surface area (Å²) in [6.07, 6.45) is 4.45. The van der Waals surface area contributed by atoms with E-state index in [-0.39, 0.29) is 34.0 Å². The number of hydrogen-bond acceptors (Lipinski definition) is 6. The zero-order chi connectivity index (χ0) is 20.8. The second-order valence-corrected chi connectivity index (χ2v) is 10.9. The van der Waals surface area contributed by atoms with E-state index in [0.29, 0.717) is 10.8 Å². The molecule has 2 amide bonds. The molecule has 7 nitrogen and oxygen atoms in total. The Morgan fingerprint density at radius 2 is 1.97 bits per heavy atom. The van der Waals surface area contributed by atoms with Crippen LogP contribution in [0.15, 0.2) is 34.7 Å². The third-order valence-corrected chi connectivity index (χ3v) is 9.01. The van der Waals surface area contributed by atoms with Gasteiger partial charge in [0.2, 0.25) is 10.0 Å². The predicted molar refractivity (Wildman–Crippen MR) is 109 cm³/mol. The van der Waals surface area contributed by atoms with Crippen molar-refractivity contribution < 1.29 is 18.0 Å². The lowest BCUT2D eigenvalue weighted by atomic mass is 9.78. The molecule has 0 bridgehead atoms. The van der Waals surface area contributed by atoms with Crippen LogP contribution in [-0.4, -0.2) is 36.2 Å². The van der Waals surface area contributed by atoms with Crippen LogP contribution in [0.2, 0.25) is 0 Å². The van der Waals surface area contributed by atoms with E-state index in [0.717, 1.165) is 35.5 Å². The van der Waals surface area contributed by atoms with Gasteiger partial charge >= 0.3 is 0 Å². The smallest absolute Gasteiger partial charge is 0.268 e. The minimum atomic E-state index is -3.64. The Morgan fingerprint density at radius 1 is 1.17 bits per heavy atom. The third kappa shape index (κ3) is 3.74. The highest BCUT2D eigenvalue weighted by molar-refractivity contribution is 7.91. The Balaban J connectivity index is 1.49. The predicted octanol–water partition coefficient (Wildman–Crippen LogP) is 3.04. The van der Waals surface area contributed by atoms with Gasteiger partial charge in [0, 0.05) is 17.1 Å². The maximum absolute atomic E-state index is 12.9. The van der Waals surface area contributed by atoms with Crippen molar-refractivity contribution in [2.75, 3.05) is 0 Å². The van der Waals surface area contributed by atoms with Crippen LogP contribution in [0.1, 0.15) is 58.8 Å². The molecule has 9 heteroatoms. The highest BCUT2D eigenvalue weighted by Crippen LogP contribution is 2.32. The van der Waals surface area contributed by atoms with E-state index in [9.17, 15) is 18.0 Å². The quantitative estimate of drug-likeness (QED) is 0.731. The number of pyridine rings is 1. The molecule has 0 saturated heterocycles. The number of nitrogens with one attached hydrogen (secondary N) is 1. The summed E-state index contributed by atoms with van der Waals surface area (Å²) in [6, 6.07) is 6.31. The van der Waals surface area contributed by atoms with Crippen molar-refractivity contribution in [3.63, 3.8) is 0 Å². The molecule has 1 fully saturated rings. The van der Waals surface area contributed by atoms with Crippen molar-refractivity contribution in [1.29, 1.82) is 0 Å². The number of thiophene rings is 1. The monoisotopic (exact) mass is 433 g/mol. The molecule has 2 aromatic rings. The van der Waals surface area contributed by atoms with Gasteiger partial charge in [-0.25, -0.2) is 13.1 Å². The first-order valence-corrected chi connectivity index (χ1v) is 12.0. The fraction of sp³-hybridized carbons (Fsp3) is 0.450. The normalized spacial score (nSPS) is 24.8. The van der Waals surface area contributed by atoms with Crippen molar-refractivity contribution >= 4 is 33.2 Å². The third-order valence-electron chi connectivity index (χ3n) is 5.96. The summed E-state index contributed by atoms with van der Waals surface area (Å²) >= 11 is 1.08. The highest BCUT2D eigenvalue weighted by Gasteiger charge is 2.37. The number of carbonyl (C=O) groups is 2. The van der Waals surface area contributed by atoms with Gasteiger partial charge in [0.1, 0.15) is 9.90 Å². The second-order valence-electron chi connectivity index (χ2n) is 7.81. The summed E-state index contributed by atoms with van der Waals surface area (Å²) in [7, 11) is -3.64. The number of imide groups is 1. The van der Waals surface area contributed by atoms with E-state index >= 15 is 0 Å². The lowest BCUT2D eigenvalue weighted by Gasteiger charge is -2.34. The van der Waals surface area contributed by atoms with Crippen molar-refractivity contribution in [2.45, 2.75) is 49.9 Å². The summed E-state index contributed by atoms with van der Waals surface area (Å²) in [5, 5.41) is 0. The SMILES string of the molecule is C[C@H]1[C@H](C)CCC[C@H]1NS(=O)(=O)c1ccc(CN2C(=O)c3cccnc3C2=O)s1. The van der Waals surface area contributed by atoms with Crippen LogP contribution >= 0.6 is 11.3 Å². The summed E-state index contributed by atoms with van der Waals surface area (Å²) in [5.41, 5.74) is 0.424. The van der Waals surface area contributed by atoms with Gasteiger partial charge in [0.15, 0.2) is 0 Å². The molecule has 0 aromatic carbocycles. The first-order chi connectivity index (χ1) is 13.8. The molecule has 2 aromatic heterocycles. The minimum Gasteiger partial charge on any atom is -0.268 e. The zero-order valence-electron chi connectivity index (χ0n) is 16.3. The molecule has 1 saturated carbocycles. The molecule has 0 spiro atoms. The highest BCUT2D eigenvalue weighted by atomic mass is 32.2. The van der Waals surface area contributed by atoms with E-state index < -0.39 is 21.8 Å². The number of rotatable bonds is 5. The fourth-order valence-corrected chi connectivity index (χ4v) is 6.73. The Hall–Kier alpha value is -2.10. The Kier molecular flexibility index (Phi) is 5.30. The summed E-state index contributed by atoms with van der Waals surface area (Å²) in [6.45, 7) is 4.28. The standard InChI is InChI=1S/C20H23N3O4S2/c1-12-5-3-7-16(13(12)2)22-29(26,27)17-9-8-14(28-17)11-23-19(24)15-6-4-10-21-18(15)20(23)25/h4,6,8-10,12-13,16,22H,3,5,7,11H2,1-2H3/t12-,13+,16-/m1/s1. The first kappa shape index (κ1) is 20.2. The first-order valence-electron chi connectivity index (χ1n) is 9.70. The van der Waals surface area contributed by atoms with Gasteiger partial charge in [-0.05, 0) is 42.5 Å². The molecule has 3 atom stereocenters. The van der Waals surface area contributed by atoms with Gasteiger partial charge in [-0.15, -0.1) is 11.3 Å². The maximum atomic E-state index is 12.9. The van der Waals surface area contributed by atoms with Crippen LogP contribution in [0.5, 0.6) is 0 Å². The van der Waals surface area contributed by atoms with Gasteiger partial charge in [-0.1, -0.05) is 26.7 Å². The van der Waals surface area contributed by atoms with E-state index in [1.807, 2.05) is 0 Å². The van der Waals surface area contributed by atoms with Crippen molar-refractivity contribution in [1.82, 2.24) is 14.6 Å². The topological polar surface area (TPSA) is 96.4 Å². The van der Waals surface area contributed by atoms with Crippen LogP contribution in [0.25, 0.3) is 0 Å². The van der Waals surface area contributed by atoms with Crippen LogP contribution < -0.4 is 4.72 Å². The van der Waals surface area contributed by atoms with E-state index in [4.69, 9.17) is 0 Å². The number of aromatic nitrogens is 1. The molecular weight excluding hydrogens is 410 g/mol. The van der Waals surface area contributed by atoms with Gasteiger partial charge < -0.3 is 0 Å². The van der Waals surface area contributed by atoms with Gasteiger partial charge in [0.05, 0.1) is 12.1 Å². The van der Waals surface area contributed by atoms with E-state index in [1.165, 1.54) is 12.3 Å². The largest absolute Gasteiger partial charge is 0.280 e. The Labute approximate surface area is 174 Å².